The van der Waals surface area contributed by atoms with Gasteiger partial charge in [0.25, 0.3) is 0 Å². The Kier molecular flexibility index (Phi) is 32.5. The predicted molar refractivity (Wildman–Crippen MR) is 179 cm³/mol. The van der Waals surface area contributed by atoms with Gasteiger partial charge in [-0.2, -0.15) is 0 Å². The first kappa shape index (κ1) is 39.9. The Balaban J connectivity index is 3.62. The Labute approximate surface area is 256 Å². The molecular formula is C37H71NO3. The van der Waals surface area contributed by atoms with Gasteiger partial charge in [-0.3, -0.25) is 4.79 Å². The smallest absolute Gasteiger partial charge is 0.220 e. The molecule has 2 unspecified atom stereocenters. The first-order valence-corrected chi connectivity index (χ1v) is 18.1. The van der Waals surface area contributed by atoms with Crippen LogP contribution in [0.25, 0.3) is 0 Å². The highest BCUT2D eigenvalue weighted by molar-refractivity contribution is 5.76. The summed E-state index contributed by atoms with van der Waals surface area (Å²) in [6.07, 6.45) is 41.1. The van der Waals surface area contributed by atoms with E-state index in [0.717, 1.165) is 25.7 Å². The number of nitrogens with one attached hydrogen (secondary N) is 1. The lowest BCUT2D eigenvalue weighted by atomic mass is 10.1. The van der Waals surface area contributed by atoms with E-state index in [1.807, 2.05) is 6.08 Å². The molecule has 1 amide bonds. The van der Waals surface area contributed by atoms with Crippen molar-refractivity contribution in [1.82, 2.24) is 5.32 Å². The summed E-state index contributed by atoms with van der Waals surface area (Å²) < 4.78 is 0. The van der Waals surface area contributed by atoms with E-state index in [4.69, 9.17) is 0 Å². The van der Waals surface area contributed by atoms with Crippen LogP contribution in [0, 0.1) is 0 Å². The number of carbonyl (C=O) groups excluding carboxylic acids is 1. The molecule has 2 atom stereocenters. The van der Waals surface area contributed by atoms with Crippen LogP contribution in [-0.2, 0) is 4.79 Å². The third kappa shape index (κ3) is 30.1. The van der Waals surface area contributed by atoms with Gasteiger partial charge in [0.05, 0.1) is 18.8 Å². The summed E-state index contributed by atoms with van der Waals surface area (Å²) in [6, 6.07) is -0.619. The predicted octanol–water partition coefficient (Wildman–Crippen LogP) is 10.5. The topological polar surface area (TPSA) is 69.6 Å². The molecule has 0 aromatic rings. The zero-order chi connectivity index (χ0) is 30.1. The third-order valence-corrected chi connectivity index (χ3v) is 8.18. The second-order valence-electron chi connectivity index (χ2n) is 12.3. The number of unbranched alkanes of at least 4 members (excludes halogenated alkanes) is 23. The maximum atomic E-state index is 12.3. The molecule has 0 aliphatic carbocycles. The van der Waals surface area contributed by atoms with Crippen LogP contribution < -0.4 is 5.32 Å². The third-order valence-electron chi connectivity index (χ3n) is 8.18. The van der Waals surface area contributed by atoms with Gasteiger partial charge in [-0.05, 0) is 44.9 Å². The van der Waals surface area contributed by atoms with Crippen molar-refractivity contribution in [2.24, 2.45) is 0 Å². The number of rotatable bonds is 32. The fraction of sp³-hybridized carbons (Fsp3) is 0.865. The van der Waals surface area contributed by atoms with Crippen molar-refractivity contribution >= 4 is 5.91 Å². The van der Waals surface area contributed by atoms with Gasteiger partial charge in [0.1, 0.15) is 0 Å². The molecule has 0 saturated heterocycles. The molecule has 0 bridgehead atoms. The Morgan fingerprint density at radius 2 is 0.927 bits per heavy atom. The van der Waals surface area contributed by atoms with Gasteiger partial charge in [0.15, 0.2) is 0 Å². The molecule has 0 aliphatic rings. The second-order valence-corrected chi connectivity index (χ2v) is 12.3. The van der Waals surface area contributed by atoms with Crippen molar-refractivity contribution in [2.75, 3.05) is 6.61 Å². The highest BCUT2D eigenvalue weighted by Crippen LogP contribution is 2.13. The number of allylic oxidation sites excluding steroid dienone is 3. The summed E-state index contributed by atoms with van der Waals surface area (Å²) in [6.45, 7) is 4.28. The molecule has 0 rings (SSSR count). The molecule has 3 N–H and O–H groups in total. The number of aliphatic hydroxyl groups is 2. The zero-order valence-corrected chi connectivity index (χ0v) is 27.6. The monoisotopic (exact) mass is 578 g/mol. The Morgan fingerprint density at radius 3 is 1.34 bits per heavy atom. The molecule has 4 nitrogen and oxygen atoms in total. The molecule has 0 aromatic carbocycles. The van der Waals surface area contributed by atoms with Gasteiger partial charge in [-0.15, -0.1) is 0 Å². The summed E-state index contributed by atoms with van der Waals surface area (Å²) in [5.41, 5.74) is 0. The van der Waals surface area contributed by atoms with Gasteiger partial charge < -0.3 is 15.5 Å². The number of amides is 1. The fourth-order valence-electron chi connectivity index (χ4n) is 5.35. The van der Waals surface area contributed by atoms with Crippen LogP contribution >= 0.6 is 0 Å². The average molecular weight is 578 g/mol. The minimum atomic E-state index is -0.836. The quantitative estimate of drug-likeness (QED) is 0.0550. The van der Waals surface area contributed by atoms with Crippen LogP contribution in [0.1, 0.15) is 187 Å². The highest BCUT2D eigenvalue weighted by atomic mass is 16.3. The average Bonchev–Trinajstić information content (AvgIpc) is 2.97. The van der Waals surface area contributed by atoms with Gasteiger partial charge in [-0.1, -0.05) is 160 Å². The van der Waals surface area contributed by atoms with E-state index in [1.54, 1.807) is 6.08 Å². The van der Waals surface area contributed by atoms with E-state index in [2.05, 4.69) is 31.3 Å². The van der Waals surface area contributed by atoms with E-state index in [-0.39, 0.29) is 12.5 Å². The number of aliphatic hydroxyl groups excluding tert-OH is 2. The summed E-state index contributed by atoms with van der Waals surface area (Å²) in [4.78, 5) is 12.3. The molecule has 0 spiro atoms. The number of carbonyl (C=O) groups is 1. The first-order chi connectivity index (χ1) is 20.2. The summed E-state index contributed by atoms with van der Waals surface area (Å²) in [7, 11) is 0. The molecule has 0 heterocycles. The molecule has 0 saturated carbocycles. The van der Waals surface area contributed by atoms with Crippen LogP contribution in [0.2, 0.25) is 0 Å². The molecule has 0 fully saturated rings. The van der Waals surface area contributed by atoms with E-state index in [9.17, 15) is 15.0 Å². The van der Waals surface area contributed by atoms with Gasteiger partial charge >= 0.3 is 0 Å². The summed E-state index contributed by atoms with van der Waals surface area (Å²) in [5.74, 6) is -0.0704. The van der Waals surface area contributed by atoms with Crippen LogP contribution in [0.4, 0.5) is 0 Å². The molecule has 0 aromatic heterocycles. The maximum absolute atomic E-state index is 12.3. The van der Waals surface area contributed by atoms with Gasteiger partial charge in [0.2, 0.25) is 5.91 Å². The highest BCUT2D eigenvalue weighted by Gasteiger charge is 2.17. The SMILES string of the molecule is CCCCCCCC/C=C\CCCCCCCCCC(=O)NC(CO)C(O)/C=C/CCCCCCCCCCCC. The Bertz CT molecular complexity index is 589. The summed E-state index contributed by atoms with van der Waals surface area (Å²) in [5, 5.41) is 22.8. The zero-order valence-electron chi connectivity index (χ0n) is 27.6. The minimum absolute atomic E-state index is 0.0704. The largest absolute Gasteiger partial charge is 0.394 e. The van der Waals surface area contributed by atoms with E-state index in [1.165, 1.54) is 141 Å². The maximum Gasteiger partial charge on any atom is 0.220 e. The van der Waals surface area contributed by atoms with Crippen LogP contribution in [0.15, 0.2) is 24.3 Å². The first-order valence-electron chi connectivity index (χ1n) is 18.1. The second kappa shape index (κ2) is 33.4. The molecule has 4 heteroatoms. The van der Waals surface area contributed by atoms with E-state index < -0.39 is 12.1 Å². The molecule has 0 aliphatic heterocycles. The van der Waals surface area contributed by atoms with Crippen LogP contribution in [0.3, 0.4) is 0 Å². The fourth-order valence-corrected chi connectivity index (χ4v) is 5.35. The lowest BCUT2D eigenvalue weighted by Crippen LogP contribution is -2.45. The van der Waals surface area contributed by atoms with Crippen molar-refractivity contribution < 1.29 is 15.0 Å². The van der Waals surface area contributed by atoms with Crippen LogP contribution in [-0.4, -0.2) is 34.9 Å². The lowest BCUT2D eigenvalue weighted by molar-refractivity contribution is -0.123. The Morgan fingerprint density at radius 1 is 0.561 bits per heavy atom. The molecule has 0 radical (unpaired) electrons. The number of hydrogen-bond acceptors (Lipinski definition) is 3. The Hall–Kier alpha value is -1.13. The van der Waals surface area contributed by atoms with Crippen molar-refractivity contribution in [3.05, 3.63) is 24.3 Å². The van der Waals surface area contributed by atoms with Crippen molar-refractivity contribution in [2.45, 2.75) is 199 Å². The van der Waals surface area contributed by atoms with Crippen LogP contribution in [0.5, 0.6) is 0 Å². The van der Waals surface area contributed by atoms with E-state index in [0.29, 0.717) is 6.42 Å². The van der Waals surface area contributed by atoms with Gasteiger partial charge in [0, 0.05) is 6.42 Å². The lowest BCUT2D eigenvalue weighted by Gasteiger charge is -2.20. The van der Waals surface area contributed by atoms with Crippen molar-refractivity contribution in [1.29, 1.82) is 0 Å². The van der Waals surface area contributed by atoms with Crippen molar-refractivity contribution in [3.63, 3.8) is 0 Å². The summed E-state index contributed by atoms with van der Waals surface area (Å²) >= 11 is 0. The standard InChI is InChI=1S/C37H71NO3/c1-3-5-7-9-11-13-15-17-18-19-20-21-23-25-27-29-31-33-37(41)38-35(34-39)36(40)32-30-28-26-24-22-16-14-12-10-8-6-4-2/h17-18,30,32,35-36,39-40H,3-16,19-29,31,33-34H2,1-2H3,(H,38,41)/b18-17-,32-30+. The molecule has 242 valence electrons. The van der Waals surface area contributed by atoms with Crippen molar-refractivity contribution in [3.8, 4) is 0 Å². The van der Waals surface area contributed by atoms with E-state index >= 15 is 0 Å². The minimum Gasteiger partial charge on any atom is -0.394 e. The molecular weight excluding hydrogens is 506 g/mol. The normalized spacial score (nSPS) is 13.4. The van der Waals surface area contributed by atoms with Gasteiger partial charge in [-0.25, -0.2) is 0 Å². The number of hydrogen-bond donors (Lipinski definition) is 3. The molecule has 41 heavy (non-hydrogen) atoms.